The van der Waals surface area contributed by atoms with E-state index in [0.717, 1.165) is 38.6 Å². The summed E-state index contributed by atoms with van der Waals surface area (Å²) >= 11 is 0. The number of nitrogens with zero attached hydrogens (tertiary/aromatic N) is 1. The normalized spacial score (nSPS) is 11.2. The van der Waals surface area contributed by atoms with Crippen LogP contribution in [-0.2, 0) is 0 Å². The van der Waals surface area contributed by atoms with Crippen LogP contribution in [0.1, 0.15) is 21.5 Å². The van der Waals surface area contributed by atoms with Crippen LogP contribution in [0.3, 0.4) is 0 Å². The summed E-state index contributed by atoms with van der Waals surface area (Å²) < 4.78 is 14.2. The summed E-state index contributed by atoms with van der Waals surface area (Å²) in [5.74, 6) is -0.371. The minimum atomic E-state index is -0.224. The number of nitrogens with one attached hydrogen (secondary N) is 2. The second-order valence-electron chi connectivity index (χ2n) is 6.38. The van der Waals surface area contributed by atoms with Gasteiger partial charge in [-0.05, 0) is 55.3 Å². The fourth-order valence-electron chi connectivity index (χ4n) is 3.35. The molecule has 2 aromatic carbocycles. The number of hydrogen-bond acceptors (Lipinski definition) is 2. The highest BCUT2D eigenvalue weighted by atomic mass is 19.1. The number of carbonyl (C=O) groups is 1. The van der Waals surface area contributed by atoms with Crippen molar-refractivity contribution in [2.45, 2.75) is 13.8 Å². The van der Waals surface area contributed by atoms with Crippen molar-refractivity contribution in [2.75, 3.05) is 7.05 Å². The van der Waals surface area contributed by atoms with Crippen LogP contribution >= 0.6 is 0 Å². The predicted octanol–water partition coefficient (Wildman–Crippen LogP) is 4.50. The van der Waals surface area contributed by atoms with Gasteiger partial charge in [0.15, 0.2) is 0 Å². The summed E-state index contributed by atoms with van der Waals surface area (Å²) in [4.78, 5) is 20.0. The molecule has 4 rings (SSSR count). The largest absolute Gasteiger partial charge is 0.360 e. The molecule has 0 spiro atoms. The molecule has 2 heterocycles. The average molecular weight is 347 g/mol. The highest BCUT2D eigenvalue weighted by Crippen LogP contribution is 2.33. The van der Waals surface area contributed by atoms with E-state index in [2.05, 4.69) is 10.3 Å². The second-order valence-corrected chi connectivity index (χ2v) is 6.38. The Kier molecular flexibility index (Phi) is 3.72. The maximum Gasteiger partial charge on any atom is 0.251 e. The smallest absolute Gasteiger partial charge is 0.251 e. The fraction of sp³-hybridized carbons (Fsp3) is 0.143. The van der Waals surface area contributed by atoms with E-state index in [0.29, 0.717) is 11.1 Å². The van der Waals surface area contributed by atoms with Gasteiger partial charge in [0, 0.05) is 40.7 Å². The van der Waals surface area contributed by atoms with Crippen LogP contribution in [-0.4, -0.2) is 22.9 Å². The first kappa shape index (κ1) is 16.3. The maximum absolute atomic E-state index is 14.2. The Morgan fingerprint density at radius 3 is 2.69 bits per heavy atom. The van der Waals surface area contributed by atoms with E-state index in [-0.39, 0.29) is 11.7 Å². The van der Waals surface area contributed by atoms with Crippen molar-refractivity contribution in [3.8, 4) is 11.3 Å². The number of H-pyrrole nitrogens is 1. The number of fused-ring (bicyclic) bond motifs is 2. The Balaban J connectivity index is 1.93. The molecule has 0 unspecified atom stereocenters. The number of aromatic nitrogens is 2. The number of aryl methyl sites for hydroxylation is 1. The molecule has 4 nitrogen and oxygen atoms in total. The molecule has 0 bridgehead atoms. The van der Waals surface area contributed by atoms with E-state index in [9.17, 15) is 9.18 Å². The Bertz CT molecular complexity index is 1180. The lowest BCUT2D eigenvalue weighted by atomic mass is 10.0. The lowest BCUT2D eigenvalue weighted by Gasteiger charge is -2.08. The molecule has 0 saturated heterocycles. The Morgan fingerprint density at radius 2 is 1.92 bits per heavy atom. The topological polar surface area (TPSA) is 57.8 Å². The number of halogens is 1. The average Bonchev–Trinajstić information content (AvgIpc) is 3.08. The van der Waals surface area contributed by atoms with Gasteiger partial charge >= 0.3 is 0 Å². The molecule has 0 fully saturated rings. The van der Waals surface area contributed by atoms with E-state index < -0.39 is 0 Å². The summed E-state index contributed by atoms with van der Waals surface area (Å²) in [7, 11) is 1.60. The summed E-state index contributed by atoms with van der Waals surface area (Å²) in [5.41, 5.74) is 5.35. The van der Waals surface area contributed by atoms with E-state index in [1.807, 2.05) is 37.4 Å². The van der Waals surface area contributed by atoms with Gasteiger partial charge in [0.05, 0.1) is 11.2 Å². The molecular formula is C21H18FN3O. The van der Waals surface area contributed by atoms with E-state index >= 15 is 0 Å². The van der Waals surface area contributed by atoms with Crippen molar-refractivity contribution in [3.63, 3.8) is 0 Å². The zero-order valence-corrected chi connectivity index (χ0v) is 14.8. The molecule has 1 amide bonds. The van der Waals surface area contributed by atoms with Gasteiger partial charge in [-0.3, -0.25) is 4.79 Å². The van der Waals surface area contributed by atoms with Crippen molar-refractivity contribution >= 4 is 27.7 Å². The van der Waals surface area contributed by atoms with Crippen LogP contribution in [0.5, 0.6) is 0 Å². The molecule has 4 aromatic rings. The van der Waals surface area contributed by atoms with Crippen LogP contribution in [0, 0.1) is 19.7 Å². The van der Waals surface area contributed by atoms with Gasteiger partial charge < -0.3 is 10.3 Å². The van der Waals surface area contributed by atoms with E-state index in [1.54, 1.807) is 26.1 Å². The van der Waals surface area contributed by atoms with Gasteiger partial charge in [-0.15, -0.1) is 0 Å². The number of hydrogen-bond donors (Lipinski definition) is 2. The Labute approximate surface area is 150 Å². The number of benzene rings is 2. The summed E-state index contributed by atoms with van der Waals surface area (Å²) in [6.07, 6.45) is 1.85. The maximum atomic E-state index is 14.2. The molecule has 26 heavy (non-hydrogen) atoms. The molecule has 0 radical (unpaired) electrons. The zero-order valence-electron chi connectivity index (χ0n) is 14.8. The third kappa shape index (κ3) is 2.36. The molecule has 0 aliphatic rings. The molecule has 0 aliphatic heterocycles. The van der Waals surface area contributed by atoms with Crippen LogP contribution in [0.15, 0.2) is 42.6 Å². The first-order valence-electron chi connectivity index (χ1n) is 8.40. The monoisotopic (exact) mass is 347 g/mol. The van der Waals surface area contributed by atoms with Crippen molar-refractivity contribution in [3.05, 3.63) is 65.1 Å². The molecule has 130 valence electrons. The summed E-state index contributed by atoms with van der Waals surface area (Å²) in [5, 5.41) is 4.24. The Morgan fingerprint density at radius 1 is 1.12 bits per heavy atom. The molecule has 0 atom stereocenters. The van der Waals surface area contributed by atoms with Gasteiger partial charge in [-0.2, -0.15) is 0 Å². The van der Waals surface area contributed by atoms with Gasteiger partial charge in [0.25, 0.3) is 5.91 Å². The van der Waals surface area contributed by atoms with Gasteiger partial charge in [-0.25, -0.2) is 9.37 Å². The third-order valence-electron chi connectivity index (χ3n) is 4.97. The molecular weight excluding hydrogens is 329 g/mol. The van der Waals surface area contributed by atoms with Gasteiger partial charge in [0.2, 0.25) is 0 Å². The van der Waals surface area contributed by atoms with E-state index in [4.69, 9.17) is 4.98 Å². The SMILES string of the molecule is CNC(=O)c1cccc2nc(-c3c[nH]c4c(C)c(C)c(F)cc34)ccc12. The van der Waals surface area contributed by atoms with Crippen LogP contribution in [0.25, 0.3) is 33.1 Å². The predicted molar refractivity (Wildman–Crippen MR) is 102 cm³/mol. The van der Waals surface area contributed by atoms with Crippen molar-refractivity contribution in [2.24, 2.45) is 0 Å². The number of pyridine rings is 1. The zero-order chi connectivity index (χ0) is 18.4. The third-order valence-corrected chi connectivity index (χ3v) is 4.97. The van der Waals surface area contributed by atoms with Gasteiger partial charge in [-0.1, -0.05) is 6.07 Å². The standard InChI is InChI=1S/C21H18FN3O/c1-11-12(2)20-15(9-17(11)22)16(10-24-20)19-8-7-13-14(21(26)23-3)5-4-6-18(13)25-19/h4-10,24H,1-3H3,(H,23,26). The lowest BCUT2D eigenvalue weighted by molar-refractivity contribution is 0.0964. The molecule has 0 aliphatic carbocycles. The van der Waals surface area contributed by atoms with E-state index in [1.165, 1.54) is 0 Å². The lowest BCUT2D eigenvalue weighted by Crippen LogP contribution is -2.18. The molecule has 2 aromatic heterocycles. The van der Waals surface area contributed by atoms with Crippen molar-refractivity contribution in [1.29, 1.82) is 0 Å². The first-order valence-corrected chi connectivity index (χ1v) is 8.40. The Hall–Kier alpha value is -3.21. The number of carbonyl (C=O) groups excluding carboxylic acids is 1. The molecule has 5 heteroatoms. The van der Waals surface area contributed by atoms with Crippen LogP contribution < -0.4 is 5.32 Å². The summed E-state index contributed by atoms with van der Waals surface area (Å²) in [6.45, 7) is 3.68. The van der Waals surface area contributed by atoms with Crippen LogP contribution in [0.4, 0.5) is 4.39 Å². The number of amides is 1. The van der Waals surface area contributed by atoms with Gasteiger partial charge in [0.1, 0.15) is 5.82 Å². The number of rotatable bonds is 2. The first-order chi connectivity index (χ1) is 12.5. The fourth-order valence-corrected chi connectivity index (χ4v) is 3.35. The number of aromatic amines is 1. The quantitative estimate of drug-likeness (QED) is 0.561. The highest BCUT2D eigenvalue weighted by Gasteiger charge is 2.15. The van der Waals surface area contributed by atoms with Crippen LogP contribution in [0.2, 0.25) is 0 Å². The minimum Gasteiger partial charge on any atom is -0.360 e. The second kappa shape index (κ2) is 5.95. The summed E-state index contributed by atoms with van der Waals surface area (Å²) in [6, 6.07) is 10.8. The molecule has 0 saturated carbocycles. The highest BCUT2D eigenvalue weighted by molar-refractivity contribution is 6.07. The van der Waals surface area contributed by atoms with Crippen molar-refractivity contribution < 1.29 is 9.18 Å². The molecule has 2 N–H and O–H groups in total. The van der Waals surface area contributed by atoms with Crippen molar-refractivity contribution in [1.82, 2.24) is 15.3 Å². The minimum absolute atomic E-state index is 0.148.